The number of halogens is 2. The Morgan fingerprint density at radius 3 is 2.60 bits per heavy atom. The molecule has 1 aliphatic rings. The van der Waals surface area contributed by atoms with Gasteiger partial charge >= 0.3 is 0 Å². The van der Waals surface area contributed by atoms with Crippen LogP contribution in [0.4, 0.5) is 8.78 Å². The summed E-state index contributed by atoms with van der Waals surface area (Å²) in [5.41, 5.74) is 2.01. The number of nitrogens with one attached hydrogen (secondary N) is 1. The van der Waals surface area contributed by atoms with Crippen molar-refractivity contribution in [2.45, 2.75) is 36.1 Å². The van der Waals surface area contributed by atoms with Crippen molar-refractivity contribution in [3.63, 3.8) is 0 Å². The average Bonchev–Trinajstić information content (AvgIpc) is 3.14. The average molecular weight is 295 g/mol. The van der Waals surface area contributed by atoms with Crippen molar-refractivity contribution in [2.24, 2.45) is 0 Å². The summed E-state index contributed by atoms with van der Waals surface area (Å²) in [5, 5.41) is 3.41. The van der Waals surface area contributed by atoms with Crippen LogP contribution in [0.1, 0.15) is 18.6 Å². The molecule has 1 fully saturated rings. The van der Waals surface area contributed by atoms with Gasteiger partial charge in [0.1, 0.15) is 5.76 Å². The highest BCUT2D eigenvalue weighted by Crippen LogP contribution is 2.30. The van der Waals surface area contributed by atoms with Crippen LogP contribution < -0.4 is 5.32 Å². The number of thioether (sulfide) groups is 1. The van der Waals surface area contributed by atoms with E-state index in [1.54, 1.807) is 18.4 Å². The predicted molar refractivity (Wildman–Crippen MR) is 75.9 cm³/mol. The van der Waals surface area contributed by atoms with Crippen LogP contribution in [-0.4, -0.2) is 11.8 Å². The Balaban J connectivity index is 1.72. The van der Waals surface area contributed by atoms with Crippen LogP contribution in [0.5, 0.6) is 0 Å². The molecular formula is C15H15F2NOS. The zero-order valence-electron chi connectivity index (χ0n) is 10.8. The Morgan fingerprint density at radius 1 is 1.20 bits per heavy atom. The van der Waals surface area contributed by atoms with Gasteiger partial charge in [0, 0.05) is 16.5 Å². The molecule has 1 heterocycles. The van der Waals surface area contributed by atoms with Gasteiger partial charge in [0.2, 0.25) is 0 Å². The highest BCUT2D eigenvalue weighted by Gasteiger charge is 2.21. The first-order valence-corrected chi connectivity index (χ1v) is 7.45. The third-order valence-corrected chi connectivity index (χ3v) is 3.99. The summed E-state index contributed by atoms with van der Waals surface area (Å²) in [6.07, 6.45) is 4.13. The molecule has 0 saturated heterocycles. The topological polar surface area (TPSA) is 25.2 Å². The van der Waals surface area contributed by atoms with Crippen LogP contribution in [-0.2, 0) is 6.54 Å². The van der Waals surface area contributed by atoms with Gasteiger partial charge in [0.25, 0.3) is 5.76 Å². The number of alkyl halides is 2. The summed E-state index contributed by atoms with van der Waals surface area (Å²) >= 11 is 0.562. The normalized spacial score (nSPS) is 14.9. The Hall–Kier alpha value is -1.33. The molecule has 0 unspecified atom stereocenters. The Labute approximate surface area is 120 Å². The number of benzene rings is 1. The van der Waals surface area contributed by atoms with E-state index in [0.29, 0.717) is 29.2 Å². The van der Waals surface area contributed by atoms with Gasteiger partial charge in [-0.25, -0.2) is 0 Å². The summed E-state index contributed by atoms with van der Waals surface area (Å²) in [7, 11) is 0. The molecule has 1 saturated carbocycles. The van der Waals surface area contributed by atoms with E-state index in [4.69, 9.17) is 4.42 Å². The second-order valence-corrected chi connectivity index (χ2v) is 5.88. The summed E-state index contributed by atoms with van der Waals surface area (Å²) in [5.74, 6) is -1.49. The van der Waals surface area contributed by atoms with E-state index in [9.17, 15) is 8.78 Å². The Bertz CT molecular complexity index is 564. The predicted octanol–water partition coefficient (Wildman–Crippen LogP) is 4.51. The largest absolute Gasteiger partial charge is 0.467 e. The summed E-state index contributed by atoms with van der Waals surface area (Å²) in [6.45, 7) is 0.709. The van der Waals surface area contributed by atoms with Crippen LogP contribution in [0.2, 0.25) is 0 Å². The lowest BCUT2D eigenvalue weighted by Gasteiger charge is -2.05. The van der Waals surface area contributed by atoms with Crippen LogP contribution >= 0.6 is 11.8 Å². The van der Waals surface area contributed by atoms with Crippen molar-refractivity contribution < 1.29 is 13.2 Å². The molecule has 0 radical (unpaired) electrons. The van der Waals surface area contributed by atoms with Crippen molar-refractivity contribution in [3.05, 3.63) is 42.4 Å². The van der Waals surface area contributed by atoms with Gasteiger partial charge in [-0.3, -0.25) is 0 Å². The van der Waals surface area contributed by atoms with Crippen molar-refractivity contribution >= 4 is 11.8 Å². The fourth-order valence-electron chi connectivity index (χ4n) is 2.08. The van der Waals surface area contributed by atoms with E-state index in [1.807, 2.05) is 18.2 Å². The SMILES string of the molecule is FC(F)Sc1ccc(-c2ccoc2CNC2CC2)cc1. The Kier molecular flexibility index (Phi) is 4.08. The molecule has 0 atom stereocenters. The fraction of sp³-hybridized carbons (Fsp3) is 0.333. The van der Waals surface area contributed by atoms with Gasteiger partial charge in [0.15, 0.2) is 0 Å². The summed E-state index contributed by atoms with van der Waals surface area (Å²) < 4.78 is 30.1. The van der Waals surface area contributed by atoms with Crippen molar-refractivity contribution in [1.29, 1.82) is 0 Å². The number of furan rings is 1. The molecule has 1 N–H and O–H groups in total. The lowest BCUT2D eigenvalue weighted by atomic mass is 10.1. The van der Waals surface area contributed by atoms with E-state index in [0.717, 1.165) is 16.9 Å². The number of rotatable bonds is 6. The van der Waals surface area contributed by atoms with E-state index < -0.39 is 5.76 Å². The van der Waals surface area contributed by atoms with Gasteiger partial charge in [0.05, 0.1) is 12.8 Å². The molecule has 0 spiro atoms. The highest BCUT2D eigenvalue weighted by atomic mass is 32.2. The van der Waals surface area contributed by atoms with Gasteiger partial charge in [-0.1, -0.05) is 23.9 Å². The van der Waals surface area contributed by atoms with Crippen molar-refractivity contribution in [2.75, 3.05) is 0 Å². The third kappa shape index (κ3) is 3.41. The standard InChI is InChI=1S/C15H15F2NOS/c16-15(17)20-12-5-1-10(2-6-12)13-7-8-19-14(13)9-18-11-3-4-11/h1-2,5-8,11,15,18H,3-4,9H2. The maximum Gasteiger partial charge on any atom is 0.288 e. The van der Waals surface area contributed by atoms with Crippen LogP contribution in [0.25, 0.3) is 11.1 Å². The third-order valence-electron chi connectivity index (χ3n) is 3.26. The van der Waals surface area contributed by atoms with Crippen molar-refractivity contribution in [1.82, 2.24) is 5.32 Å². The molecule has 20 heavy (non-hydrogen) atoms. The van der Waals surface area contributed by atoms with Gasteiger partial charge in [-0.15, -0.1) is 0 Å². The second kappa shape index (κ2) is 5.97. The van der Waals surface area contributed by atoms with E-state index in [2.05, 4.69) is 5.32 Å². The van der Waals surface area contributed by atoms with Crippen LogP contribution in [0.3, 0.4) is 0 Å². The molecule has 2 nitrogen and oxygen atoms in total. The molecular weight excluding hydrogens is 280 g/mol. The van der Waals surface area contributed by atoms with E-state index in [1.165, 1.54) is 12.8 Å². The Morgan fingerprint density at radius 2 is 1.95 bits per heavy atom. The maximum atomic E-state index is 12.3. The first-order valence-electron chi connectivity index (χ1n) is 6.57. The van der Waals surface area contributed by atoms with E-state index in [-0.39, 0.29) is 0 Å². The monoisotopic (exact) mass is 295 g/mol. The zero-order chi connectivity index (χ0) is 13.9. The van der Waals surface area contributed by atoms with Gasteiger partial charge in [-0.05, 0) is 36.6 Å². The zero-order valence-corrected chi connectivity index (χ0v) is 11.6. The molecule has 0 aliphatic heterocycles. The first-order chi connectivity index (χ1) is 9.72. The minimum atomic E-state index is -2.38. The van der Waals surface area contributed by atoms with Gasteiger partial charge in [-0.2, -0.15) is 8.78 Å². The number of hydrogen-bond acceptors (Lipinski definition) is 3. The molecule has 3 rings (SSSR count). The van der Waals surface area contributed by atoms with E-state index >= 15 is 0 Å². The molecule has 0 amide bonds. The second-order valence-electron chi connectivity index (χ2n) is 4.82. The molecule has 1 aliphatic carbocycles. The molecule has 1 aromatic heterocycles. The molecule has 0 bridgehead atoms. The van der Waals surface area contributed by atoms with Crippen molar-refractivity contribution in [3.8, 4) is 11.1 Å². The van der Waals surface area contributed by atoms with Crippen LogP contribution in [0, 0.1) is 0 Å². The fourth-order valence-corrected chi connectivity index (χ4v) is 2.57. The number of hydrogen-bond donors (Lipinski definition) is 1. The molecule has 5 heteroatoms. The minimum absolute atomic E-state index is 0.562. The quantitative estimate of drug-likeness (QED) is 0.794. The first kappa shape index (κ1) is 13.6. The summed E-state index contributed by atoms with van der Waals surface area (Å²) in [6, 6.07) is 9.69. The summed E-state index contributed by atoms with van der Waals surface area (Å²) in [4.78, 5) is 0.574. The maximum absolute atomic E-state index is 12.3. The molecule has 2 aromatic rings. The van der Waals surface area contributed by atoms with Gasteiger partial charge < -0.3 is 9.73 Å². The lowest BCUT2D eigenvalue weighted by Crippen LogP contribution is -2.15. The smallest absolute Gasteiger partial charge is 0.288 e. The highest BCUT2D eigenvalue weighted by molar-refractivity contribution is 7.99. The lowest BCUT2D eigenvalue weighted by molar-refractivity contribution is 0.252. The van der Waals surface area contributed by atoms with Crippen LogP contribution in [0.15, 0.2) is 45.9 Å². The molecule has 106 valence electrons. The minimum Gasteiger partial charge on any atom is -0.467 e. The molecule has 1 aromatic carbocycles.